The normalized spacial score (nSPS) is 14.1. The smallest absolute Gasteiger partial charge is 0.307 e. The first-order valence-corrected chi connectivity index (χ1v) is 7.10. The van der Waals surface area contributed by atoms with Gasteiger partial charge >= 0.3 is 5.97 Å². The van der Waals surface area contributed by atoms with Crippen molar-refractivity contribution < 1.29 is 9.53 Å². The Morgan fingerprint density at radius 2 is 2.00 bits per heavy atom. The summed E-state index contributed by atoms with van der Waals surface area (Å²) in [6.07, 6.45) is 2.51. The van der Waals surface area contributed by atoms with Gasteiger partial charge in [-0.1, -0.05) is 0 Å². The molecule has 9 heteroatoms. The fourth-order valence-electron chi connectivity index (χ4n) is 2.08. The molecule has 116 valence electrons. The fraction of sp³-hybridized carbons (Fsp3) is 0.667. The Morgan fingerprint density at radius 3 is 2.67 bits per heavy atom. The molecule has 1 aliphatic heterocycles. The number of hydrogen-bond acceptors (Lipinski definition) is 9. The lowest BCUT2D eigenvalue weighted by molar-refractivity contribution is -0.142. The van der Waals surface area contributed by atoms with Crippen molar-refractivity contribution in [1.82, 2.24) is 15.0 Å². The van der Waals surface area contributed by atoms with Gasteiger partial charge in [-0.15, -0.1) is 0 Å². The molecule has 0 aromatic carbocycles. The predicted molar refractivity (Wildman–Crippen MR) is 78.8 cm³/mol. The lowest BCUT2D eigenvalue weighted by atomic mass is 10.4. The summed E-state index contributed by atoms with van der Waals surface area (Å²) < 4.78 is 4.86. The Kier molecular flexibility index (Phi) is 5.50. The molecule has 1 aromatic heterocycles. The molecule has 1 saturated heterocycles. The van der Waals surface area contributed by atoms with Crippen LogP contribution in [-0.4, -0.2) is 47.2 Å². The summed E-state index contributed by atoms with van der Waals surface area (Å²) in [4.78, 5) is 26.1. The number of carbonyl (C=O) groups excluding carboxylic acids is 1. The van der Waals surface area contributed by atoms with E-state index in [2.05, 4.69) is 30.6 Å². The lowest BCUT2D eigenvalue weighted by Gasteiger charge is -2.16. The number of nitrogens with zero attached hydrogens (tertiary/aromatic N) is 4. The number of nitrogen functional groups attached to an aromatic ring is 1. The van der Waals surface area contributed by atoms with Crippen molar-refractivity contribution >= 4 is 23.8 Å². The van der Waals surface area contributed by atoms with E-state index in [4.69, 9.17) is 10.6 Å². The first kappa shape index (κ1) is 15.2. The van der Waals surface area contributed by atoms with Crippen LogP contribution >= 0.6 is 0 Å². The Bertz CT molecular complexity index is 477. The summed E-state index contributed by atoms with van der Waals surface area (Å²) in [6, 6.07) is 0. The number of carbonyl (C=O) groups is 1. The van der Waals surface area contributed by atoms with Crippen LogP contribution in [0.3, 0.4) is 0 Å². The van der Waals surface area contributed by atoms with Crippen LogP contribution in [-0.2, 0) is 9.53 Å². The maximum Gasteiger partial charge on any atom is 0.307 e. The molecule has 0 amide bonds. The summed E-state index contributed by atoms with van der Waals surface area (Å²) in [5.74, 6) is 6.41. The second kappa shape index (κ2) is 7.58. The van der Waals surface area contributed by atoms with E-state index in [1.165, 1.54) is 0 Å². The molecule has 0 unspecified atom stereocenters. The van der Waals surface area contributed by atoms with Crippen molar-refractivity contribution in [2.45, 2.75) is 26.2 Å². The largest absolute Gasteiger partial charge is 0.466 e. The number of esters is 1. The van der Waals surface area contributed by atoms with Crippen LogP contribution in [0.5, 0.6) is 0 Å². The van der Waals surface area contributed by atoms with E-state index < -0.39 is 0 Å². The highest BCUT2D eigenvalue weighted by Crippen LogP contribution is 2.18. The molecule has 1 fully saturated rings. The minimum atomic E-state index is -0.254. The highest BCUT2D eigenvalue weighted by Gasteiger charge is 2.17. The number of nitrogens with one attached hydrogen (secondary N) is 2. The number of aromatic nitrogens is 3. The van der Waals surface area contributed by atoms with Gasteiger partial charge in [-0.05, 0) is 19.8 Å². The van der Waals surface area contributed by atoms with Crippen LogP contribution in [0.15, 0.2) is 0 Å². The van der Waals surface area contributed by atoms with Gasteiger partial charge < -0.3 is 15.0 Å². The molecule has 0 saturated carbocycles. The van der Waals surface area contributed by atoms with E-state index in [0.717, 1.165) is 25.9 Å². The first-order valence-electron chi connectivity index (χ1n) is 7.10. The zero-order valence-electron chi connectivity index (χ0n) is 12.1. The summed E-state index contributed by atoms with van der Waals surface area (Å²) in [5, 5.41) is 2.99. The fourth-order valence-corrected chi connectivity index (χ4v) is 2.08. The molecule has 0 bridgehead atoms. The minimum absolute atomic E-state index is 0.254. The van der Waals surface area contributed by atoms with Gasteiger partial charge in [0.1, 0.15) is 0 Å². The van der Waals surface area contributed by atoms with Crippen molar-refractivity contribution in [3.05, 3.63) is 0 Å². The molecule has 1 aliphatic rings. The average molecular weight is 295 g/mol. The molecule has 0 atom stereocenters. The van der Waals surface area contributed by atoms with Crippen LogP contribution in [0.4, 0.5) is 17.8 Å². The maximum absolute atomic E-state index is 11.3. The third kappa shape index (κ3) is 4.42. The van der Waals surface area contributed by atoms with Gasteiger partial charge in [0.25, 0.3) is 0 Å². The number of rotatable bonds is 7. The van der Waals surface area contributed by atoms with Gasteiger partial charge in [-0.2, -0.15) is 15.0 Å². The van der Waals surface area contributed by atoms with Gasteiger partial charge in [0.2, 0.25) is 17.8 Å². The topological polar surface area (TPSA) is 118 Å². The Morgan fingerprint density at radius 1 is 1.29 bits per heavy atom. The van der Waals surface area contributed by atoms with E-state index in [0.29, 0.717) is 31.0 Å². The van der Waals surface area contributed by atoms with E-state index in [-0.39, 0.29) is 12.4 Å². The summed E-state index contributed by atoms with van der Waals surface area (Å²) >= 11 is 0. The van der Waals surface area contributed by atoms with Crippen molar-refractivity contribution in [3.63, 3.8) is 0 Å². The van der Waals surface area contributed by atoms with Gasteiger partial charge in [0.15, 0.2) is 0 Å². The molecular weight excluding hydrogens is 274 g/mol. The van der Waals surface area contributed by atoms with Crippen LogP contribution in [0.1, 0.15) is 26.2 Å². The highest BCUT2D eigenvalue weighted by atomic mass is 16.5. The summed E-state index contributed by atoms with van der Waals surface area (Å²) in [5.41, 5.74) is 2.43. The van der Waals surface area contributed by atoms with Gasteiger partial charge in [-0.3, -0.25) is 10.2 Å². The van der Waals surface area contributed by atoms with Crippen LogP contribution in [0.2, 0.25) is 0 Å². The molecule has 0 spiro atoms. The third-order valence-electron chi connectivity index (χ3n) is 3.06. The van der Waals surface area contributed by atoms with Crippen molar-refractivity contribution in [3.8, 4) is 0 Å². The van der Waals surface area contributed by atoms with Crippen LogP contribution < -0.4 is 21.5 Å². The second-order valence-electron chi connectivity index (χ2n) is 4.60. The highest BCUT2D eigenvalue weighted by molar-refractivity contribution is 5.69. The summed E-state index contributed by atoms with van der Waals surface area (Å²) in [7, 11) is 0. The molecule has 4 N–H and O–H groups in total. The predicted octanol–water partition coefficient (Wildman–Crippen LogP) is 0.123. The monoisotopic (exact) mass is 295 g/mol. The zero-order valence-corrected chi connectivity index (χ0v) is 12.1. The van der Waals surface area contributed by atoms with E-state index >= 15 is 0 Å². The number of nitrogens with two attached hydrogens (primary N) is 1. The first-order chi connectivity index (χ1) is 10.2. The van der Waals surface area contributed by atoms with E-state index in [9.17, 15) is 4.79 Å². The van der Waals surface area contributed by atoms with E-state index in [1.807, 2.05) is 0 Å². The number of anilines is 3. The molecule has 0 radical (unpaired) electrons. The zero-order chi connectivity index (χ0) is 15.1. The quantitative estimate of drug-likeness (QED) is 0.366. The van der Waals surface area contributed by atoms with Crippen molar-refractivity contribution in [1.29, 1.82) is 0 Å². The van der Waals surface area contributed by atoms with Crippen LogP contribution in [0, 0.1) is 0 Å². The Balaban J connectivity index is 1.97. The number of hydrazine groups is 1. The second-order valence-corrected chi connectivity index (χ2v) is 4.60. The minimum Gasteiger partial charge on any atom is -0.466 e. The average Bonchev–Trinajstić information content (AvgIpc) is 3.01. The number of ether oxygens (including phenoxy) is 1. The molecule has 1 aromatic rings. The van der Waals surface area contributed by atoms with Crippen molar-refractivity contribution in [2.75, 3.05) is 41.9 Å². The Labute approximate surface area is 123 Å². The van der Waals surface area contributed by atoms with Gasteiger partial charge in [0.05, 0.1) is 13.0 Å². The van der Waals surface area contributed by atoms with Gasteiger partial charge in [0, 0.05) is 19.6 Å². The van der Waals surface area contributed by atoms with Gasteiger partial charge in [-0.25, -0.2) is 5.84 Å². The molecule has 9 nitrogen and oxygen atoms in total. The third-order valence-corrected chi connectivity index (χ3v) is 3.06. The molecule has 0 aliphatic carbocycles. The lowest BCUT2D eigenvalue weighted by Crippen LogP contribution is -2.23. The number of hydrogen-bond donors (Lipinski definition) is 3. The maximum atomic E-state index is 11.3. The van der Waals surface area contributed by atoms with Crippen LogP contribution in [0.25, 0.3) is 0 Å². The standard InChI is InChI=1S/C12H21N7O2/c1-2-21-9(20)5-6-14-10-15-11(18-13)17-12(16-10)19-7-3-4-8-19/h2-8,13H2,1H3,(H2,14,15,16,17,18). The Hall–Kier alpha value is -2.16. The van der Waals surface area contributed by atoms with E-state index in [1.54, 1.807) is 6.92 Å². The molecule has 21 heavy (non-hydrogen) atoms. The molecule has 2 heterocycles. The molecule has 2 rings (SSSR count). The SMILES string of the molecule is CCOC(=O)CCNc1nc(NN)nc(N2CCCC2)n1. The van der Waals surface area contributed by atoms with Crippen molar-refractivity contribution in [2.24, 2.45) is 5.84 Å². The summed E-state index contributed by atoms with van der Waals surface area (Å²) in [6.45, 7) is 4.41. The molecular formula is C12H21N7O2.